The molecule has 3 aromatic carbocycles. The second-order valence-corrected chi connectivity index (χ2v) is 7.38. The Kier molecular flexibility index (Phi) is 5.85. The number of aliphatic hydroxyl groups is 1. The van der Waals surface area contributed by atoms with E-state index in [1.54, 1.807) is 18.2 Å². The summed E-state index contributed by atoms with van der Waals surface area (Å²) in [6, 6.07) is 19.3. The summed E-state index contributed by atoms with van der Waals surface area (Å²) in [6.45, 7) is 0.408. The van der Waals surface area contributed by atoms with Crippen LogP contribution in [0.2, 0.25) is 5.02 Å². The number of halogens is 4. The van der Waals surface area contributed by atoms with E-state index in [0.29, 0.717) is 34.4 Å². The Morgan fingerprint density at radius 1 is 0.968 bits per heavy atom. The molecule has 31 heavy (non-hydrogen) atoms. The van der Waals surface area contributed by atoms with Gasteiger partial charge in [-0.3, -0.25) is 4.98 Å². The van der Waals surface area contributed by atoms with Crippen LogP contribution in [0, 0.1) is 0 Å². The van der Waals surface area contributed by atoms with Gasteiger partial charge in [-0.05, 0) is 35.4 Å². The third-order valence-electron chi connectivity index (χ3n) is 4.90. The monoisotopic (exact) mass is 443 g/mol. The quantitative estimate of drug-likeness (QED) is 0.379. The Labute approximate surface area is 181 Å². The van der Waals surface area contributed by atoms with E-state index in [1.807, 2.05) is 30.3 Å². The molecule has 0 aliphatic rings. The largest absolute Gasteiger partial charge is 0.489 e. The van der Waals surface area contributed by atoms with Gasteiger partial charge >= 0.3 is 6.18 Å². The molecule has 1 N–H and O–H groups in total. The fraction of sp³-hybridized carbons (Fsp3) is 0.125. The summed E-state index contributed by atoms with van der Waals surface area (Å²) in [5.41, 5.74) is 1.43. The van der Waals surface area contributed by atoms with Crippen LogP contribution in [0.3, 0.4) is 0 Å². The Hall–Kier alpha value is -3.09. The maximum Gasteiger partial charge on any atom is 0.416 e. The summed E-state index contributed by atoms with van der Waals surface area (Å²) >= 11 is 6.49. The molecule has 3 nitrogen and oxygen atoms in total. The second-order valence-electron chi connectivity index (χ2n) is 7.00. The topological polar surface area (TPSA) is 42.4 Å². The van der Waals surface area contributed by atoms with Gasteiger partial charge in [0.2, 0.25) is 0 Å². The lowest BCUT2D eigenvalue weighted by Gasteiger charge is -2.16. The van der Waals surface area contributed by atoms with Crippen molar-refractivity contribution < 1.29 is 23.0 Å². The molecule has 1 aromatic heterocycles. The molecule has 0 aliphatic carbocycles. The number of ether oxygens (including phenoxy) is 1. The number of alkyl halides is 3. The van der Waals surface area contributed by atoms with Crippen LogP contribution >= 0.6 is 11.6 Å². The SMILES string of the molecule is OC(c1ccc(C(F)(F)F)cc1)c1cnc2cc(OCc3ccccc3)ccc2c1Cl. The van der Waals surface area contributed by atoms with Gasteiger partial charge in [0, 0.05) is 23.2 Å². The van der Waals surface area contributed by atoms with Crippen LogP contribution < -0.4 is 4.74 Å². The van der Waals surface area contributed by atoms with E-state index >= 15 is 0 Å². The molecule has 0 saturated heterocycles. The maximum absolute atomic E-state index is 12.8. The van der Waals surface area contributed by atoms with Crippen molar-refractivity contribution >= 4 is 22.5 Å². The van der Waals surface area contributed by atoms with E-state index in [9.17, 15) is 18.3 Å². The highest BCUT2D eigenvalue weighted by molar-refractivity contribution is 6.36. The smallest absolute Gasteiger partial charge is 0.416 e. The molecule has 0 amide bonds. The zero-order valence-corrected chi connectivity index (χ0v) is 16.9. The third-order valence-corrected chi connectivity index (χ3v) is 5.32. The summed E-state index contributed by atoms with van der Waals surface area (Å²) in [6.07, 6.45) is -4.22. The first-order valence-electron chi connectivity index (χ1n) is 9.43. The Bertz CT molecular complexity index is 1200. The van der Waals surface area contributed by atoms with Gasteiger partial charge in [-0.15, -0.1) is 0 Å². The molecule has 4 aromatic rings. The van der Waals surface area contributed by atoms with Gasteiger partial charge in [0.1, 0.15) is 18.5 Å². The molecule has 0 fully saturated rings. The van der Waals surface area contributed by atoms with E-state index in [0.717, 1.165) is 17.7 Å². The Morgan fingerprint density at radius 3 is 2.35 bits per heavy atom. The minimum Gasteiger partial charge on any atom is -0.489 e. The van der Waals surface area contributed by atoms with E-state index in [1.165, 1.54) is 18.3 Å². The Morgan fingerprint density at radius 2 is 1.68 bits per heavy atom. The zero-order valence-electron chi connectivity index (χ0n) is 16.1. The van der Waals surface area contributed by atoms with Crippen LogP contribution in [0.5, 0.6) is 5.75 Å². The van der Waals surface area contributed by atoms with Crippen molar-refractivity contribution in [2.75, 3.05) is 0 Å². The van der Waals surface area contributed by atoms with Gasteiger partial charge in [0.05, 0.1) is 16.1 Å². The van der Waals surface area contributed by atoms with Crippen LogP contribution in [0.25, 0.3) is 10.9 Å². The van der Waals surface area contributed by atoms with Gasteiger partial charge in [0.25, 0.3) is 0 Å². The van der Waals surface area contributed by atoms with Gasteiger partial charge in [-0.2, -0.15) is 13.2 Å². The summed E-state index contributed by atoms with van der Waals surface area (Å²) in [7, 11) is 0. The fourth-order valence-corrected chi connectivity index (χ4v) is 3.52. The van der Waals surface area contributed by atoms with Crippen molar-refractivity contribution in [2.24, 2.45) is 0 Å². The lowest BCUT2D eigenvalue weighted by Crippen LogP contribution is -2.06. The number of hydrogen-bond donors (Lipinski definition) is 1. The van der Waals surface area contributed by atoms with Gasteiger partial charge in [-0.1, -0.05) is 54.1 Å². The maximum atomic E-state index is 12.8. The molecular weight excluding hydrogens is 427 g/mol. The number of benzene rings is 3. The molecule has 0 aliphatic heterocycles. The molecule has 0 spiro atoms. The molecule has 1 heterocycles. The highest BCUT2D eigenvalue weighted by atomic mass is 35.5. The van der Waals surface area contributed by atoms with Crippen molar-refractivity contribution in [1.29, 1.82) is 0 Å². The fourth-order valence-electron chi connectivity index (χ4n) is 3.21. The lowest BCUT2D eigenvalue weighted by molar-refractivity contribution is -0.137. The highest BCUT2D eigenvalue weighted by Crippen LogP contribution is 2.35. The van der Waals surface area contributed by atoms with Crippen molar-refractivity contribution in [1.82, 2.24) is 4.98 Å². The van der Waals surface area contributed by atoms with E-state index < -0.39 is 17.8 Å². The zero-order chi connectivity index (χ0) is 22.0. The number of aliphatic hydroxyl groups excluding tert-OH is 1. The van der Waals surface area contributed by atoms with Crippen molar-refractivity contribution in [3.8, 4) is 5.75 Å². The number of pyridine rings is 1. The number of aromatic nitrogens is 1. The summed E-state index contributed by atoms with van der Waals surface area (Å²) < 4.78 is 44.1. The minimum absolute atomic E-state index is 0.284. The molecule has 1 atom stereocenters. The van der Waals surface area contributed by atoms with Gasteiger partial charge < -0.3 is 9.84 Å². The summed E-state index contributed by atoms with van der Waals surface area (Å²) in [5.74, 6) is 0.621. The Balaban J connectivity index is 1.57. The lowest BCUT2D eigenvalue weighted by atomic mass is 10.00. The summed E-state index contributed by atoms with van der Waals surface area (Å²) in [4.78, 5) is 4.36. The van der Waals surface area contributed by atoms with E-state index in [-0.39, 0.29) is 5.02 Å². The minimum atomic E-state index is -4.44. The number of nitrogens with zero attached hydrogens (tertiary/aromatic N) is 1. The summed E-state index contributed by atoms with van der Waals surface area (Å²) in [5, 5.41) is 11.6. The molecular formula is C24H17ClF3NO2. The van der Waals surface area contributed by atoms with Crippen molar-refractivity contribution in [3.05, 3.63) is 106 Å². The number of rotatable bonds is 5. The third kappa shape index (κ3) is 4.65. The molecule has 7 heteroatoms. The van der Waals surface area contributed by atoms with Crippen LogP contribution in [0.4, 0.5) is 13.2 Å². The van der Waals surface area contributed by atoms with E-state index in [4.69, 9.17) is 16.3 Å². The van der Waals surface area contributed by atoms with Crippen LogP contribution in [-0.2, 0) is 12.8 Å². The first-order valence-corrected chi connectivity index (χ1v) is 9.81. The number of hydrogen-bond acceptors (Lipinski definition) is 3. The average molecular weight is 444 g/mol. The van der Waals surface area contributed by atoms with Crippen LogP contribution in [0.15, 0.2) is 79.0 Å². The molecule has 158 valence electrons. The van der Waals surface area contributed by atoms with Gasteiger partial charge in [0.15, 0.2) is 0 Å². The molecule has 0 bridgehead atoms. The molecule has 4 rings (SSSR count). The number of fused-ring (bicyclic) bond motifs is 1. The van der Waals surface area contributed by atoms with Crippen LogP contribution in [-0.4, -0.2) is 10.1 Å². The van der Waals surface area contributed by atoms with Gasteiger partial charge in [-0.25, -0.2) is 0 Å². The second kappa shape index (κ2) is 8.57. The normalized spacial score (nSPS) is 12.7. The average Bonchev–Trinajstić information content (AvgIpc) is 2.78. The predicted octanol–water partition coefficient (Wildman–Crippen LogP) is 6.57. The van der Waals surface area contributed by atoms with E-state index in [2.05, 4.69) is 4.98 Å². The van der Waals surface area contributed by atoms with Crippen molar-refractivity contribution in [3.63, 3.8) is 0 Å². The standard InChI is InChI=1S/C24H17ClF3NO2/c25-22-19-11-10-18(31-14-15-4-2-1-3-5-15)12-21(19)29-13-20(22)23(30)16-6-8-17(9-7-16)24(26,27)28/h1-13,23,30H,14H2. The first-order chi connectivity index (χ1) is 14.8. The van der Waals surface area contributed by atoms with Crippen LogP contribution in [0.1, 0.15) is 28.4 Å². The predicted molar refractivity (Wildman–Crippen MR) is 113 cm³/mol. The molecule has 0 saturated carbocycles. The molecule has 1 unspecified atom stereocenters. The van der Waals surface area contributed by atoms with Crippen molar-refractivity contribution in [2.45, 2.75) is 18.9 Å². The molecule has 0 radical (unpaired) electrons. The first kappa shape index (κ1) is 21.2. The highest BCUT2D eigenvalue weighted by Gasteiger charge is 2.30.